The SMILES string of the molecule is Cc1ncccc1C1(C=O)Cc2ccc(CCCN(Cc3ccccc3)C(=O)C(C)(C)C)cc2C1. The van der Waals surface area contributed by atoms with Crippen LogP contribution in [0.1, 0.15) is 60.7 Å². The number of rotatable bonds is 8. The molecule has 1 aliphatic carbocycles. The minimum Gasteiger partial charge on any atom is -0.338 e. The van der Waals surface area contributed by atoms with Gasteiger partial charge in [0.25, 0.3) is 0 Å². The molecular formula is C31H36N2O2. The lowest BCUT2D eigenvalue weighted by Gasteiger charge is -2.30. The zero-order valence-corrected chi connectivity index (χ0v) is 21.4. The van der Waals surface area contributed by atoms with Crippen molar-refractivity contribution in [1.29, 1.82) is 0 Å². The van der Waals surface area contributed by atoms with Crippen LogP contribution in [0.4, 0.5) is 0 Å². The quantitative estimate of drug-likeness (QED) is 0.403. The molecule has 1 atom stereocenters. The Morgan fingerprint density at radius 2 is 1.74 bits per heavy atom. The van der Waals surface area contributed by atoms with Crippen LogP contribution in [0.25, 0.3) is 0 Å². The van der Waals surface area contributed by atoms with Crippen LogP contribution in [0.15, 0.2) is 66.9 Å². The van der Waals surface area contributed by atoms with Crippen molar-refractivity contribution >= 4 is 12.2 Å². The van der Waals surface area contributed by atoms with E-state index in [1.807, 2.05) is 62.9 Å². The summed E-state index contributed by atoms with van der Waals surface area (Å²) in [5, 5.41) is 0. The maximum atomic E-state index is 13.1. The Balaban J connectivity index is 1.45. The predicted molar refractivity (Wildman–Crippen MR) is 140 cm³/mol. The molecule has 0 spiro atoms. The average molecular weight is 469 g/mol. The molecular weight excluding hydrogens is 432 g/mol. The molecule has 1 amide bonds. The Morgan fingerprint density at radius 1 is 1.00 bits per heavy atom. The van der Waals surface area contributed by atoms with Crippen molar-refractivity contribution in [2.24, 2.45) is 5.41 Å². The standard InChI is InChI=1S/C31H36N2O2/c1-23-28(13-8-16-32-23)31(22-34)19-26-15-14-24(18-27(26)20-31)12-9-17-33(29(35)30(2,3)4)21-25-10-6-5-7-11-25/h5-8,10-11,13-16,18,22H,9,12,17,19-21H2,1-4H3. The summed E-state index contributed by atoms with van der Waals surface area (Å²) in [7, 11) is 0. The summed E-state index contributed by atoms with van der Waals surface area (Å²) in [6.45, 7) is 9.28. The summed E-state index contributed by atoms with van der Waals surface area (Å²) in [6, 6.07) is 20.8. The summed E-state index contributed by atoms with van der Waals surface area (Å²) >= 11 is 0. The molecule has 0 N–H and O–H groups in total. The van der Waals surface area contributed by atoms with E-state index in [4.69, 9.17) is 0 Å². The highest BCUT2D eigenvalue weighted by molar-refractivity contribution is 5.81. The molecule has 2 aromatic carbocycles. The predicted octanol–water partition coefficient (Wildman–Crippen LogP) is 5.63. The molecule has 1 aromatic heterocycles. The van der Waals surface area contributed by atoms with E-state index >= 15 is 0 Å². The van der Waals surface area contributed by atoms with E-state index in [1.54, 1.807) is 6.20 Å². The highest BCUT2D eigenvalue weighted by Crippen LogP contribution is 2.39. The van der Waals surface area contributed by atoms with Crippen LogP contribution < -0.4 is 0 Å². The summed E-state index contributed by atoms with van der Waals surface area (Å²) in [4.78, 5) is 31.8. The van der Waals surface area contributed by atoms with Gasteiger partial charge in [0.1, 0.15) is 6.29 Å². The topological polar surface area (TPSA) is 50.3 Å². The molecule has 4 nitrogen and oxygen atoms in total. The van der Waals surface area contributed by atoms with Crippen LogP contribution in [0.2, 0.25) is 0 Å². The van der Waals surface area contributed by atoms with Gasteiger partial charge in [-0.15, -0.1) is 0 Å². The summed E-state index contributed by atoms with van der Waals surface area (Å²) in [5.41, 5.74) is 5.94. The van der Waals surface area contributed by atoms with Crippen LogP contribution >= 0.6 is 0 Å². The fourth-order valence-corrected chi connectivity index (χ4v) is 5.27. The maximum absolute atomic E-state index is 13.1. The summed E-state index contributed by atoms with van der Waals surface area (Å²) < 4.78 is 0. The molecule has 35 heavy (non-hydrogen) atoms. The van der Waals surface area contributed by atoms with Crippen molar-refractivity contribution in [2.75, 3.05) is 6.54 Å². The largest absolute Gasteiger partial charge is 0.338 e. The van der Waals surface area contributed by atoms with Crippen LogP contribution in [0.5, 0.6) is 0 Å². The van der Waals surface area contributed by atoms with Crippen molar-refractivity contribution < 1.29 is 9.59 Å². The van der Waals surface area contributed by atoms with Crippen LogP contribution in [0.3, 0.4) is 0 Å². The van der Waals surface area contributed by atoms with Gasteiger partial charge >= 0.3 is 0 Å². The molecule has 0 bridgehead atoms. The molecule has 0 aliphatic heterocycles. The Labute approximate surface area is 209 Å². The highest BCUT2D eigenvalue weighted by Gasteiger charge is 2.40. The van der Waals surface area contributed by atoms with Crippen molar-refractivity contribution in [3.8, 4) is 0 Å². The summed E-state index contributed by atoms with van der Waals surface area (Å²) in [6.07, 6.45) is 6.14. The molecule has 1 aliphatic rings. The Bertz CT molecular complexity index is 1200. The third-order valence-electron chi connectivity index (χ3n) is 7.09. The number of hydrogen-bond donors (Lipinski definition) is 0. The molecule has 3 aromatic rings. The number of hydrogen-bond acceptors (Lipinski definition) is 3. The van der Waals surface area contributed by atoms with Crippen LogP contribution in [-0.4, -0.2) is 28.6 Å². The van der Waals surface area contributed by atoms with Gasteiger partial charge < -0.3 is 9.69 Å². The summed E-state index contributed by atoms with van der Waals surface area (Å²) in [5.74, 6) is 0.179. The number of pyridine rings is 1. The lowest BCUT2D eigenvalue weighted by Crippen LogP contribution is -2.39. The fraction of sp³-hybridized carbons (Fsp3) is 0.387. The monoisotopic (exact) mass is 468 g/mol. The van der Waals surface area contributed by atoms with Crippen molar-refractivity contribution in [2.45, 2.75) is 65.3 Å². The van der Waals surface area contributed by atoms with Gasteiger partial charge in [-0.2, -0.15) is 0 Å². The van der Waals surface area contributed by atoms with Gasteiger partial charge in [-0.3, -0.25) is 9.78 Å². The lowest BCUT2D eigenvalue weighted by atomic mass is 9.78. The normalized spacial score (nSPS) is 17.1. The third kappa shape index (κ3) is 5.53. The number of nitrogens with zero attached hydrogens (tertiary/aromatic N) is 2. The van der Waals surface area contributed by atoms with Gasteiger partial charge in [0.05, 0.1) is 5.41 Å². The second kappa shape index (κ2) is 10.2. The third-order valence-corrected chi connectivity index (χ3v) is 7.09. The van der Waals surface area contributed by atoms with Crippen molar-refractivity contribution in [3.05, 3.63) is 100 Å². The van der Waals surface area contributed by atoms with Crippen molar-refractivity contribution in [3.63, 3.8) is 0 Å². The number of aromatic nitrogens is 1. The Kier molecular flexibility index (Phi) is 7.20. The first-order valence-electron chi connectivity index (χ1n) is 12.5. The lowest BCUT2D eigenvalue weighted by molar-refractivity contribution is -0.140. The van der Waals surface area contributed by atoms with E-state index in [1.165, 1.54) is 16.7 Å². The number of benzene rings is 2. The number of amides is 1. The number of carbonyl (C=O) groups excluding carboxylic acids is 2. The van der Waals surface area contributed by atoms with E-state index < -0.39 is 10.8 Å². The second-order valence-corrected chi connectivity index (χ2v) is 10.9. The number of aldehydes is 1. The number of fused-ring (bicyclic) bond motifs is 1. The van der Waals surface area contributed by atoms with Gasteiger partial charge in [-0.05, 0) is 66.5 Å². The van der Waals surface area contributed by atoms with E-state index in [2.05, 4.69) is 35.3 Å². The van der Waals surface area contributed by atoms with E-state index in [9.17, 15) is 9.59 Å². The molecule has 4 heteroatoms. The molecule has 4 rings (SSSR count). The Hall–Kier alpha value is -3.27. The van der Waals surface area contributed by atoms with E-state index in [0.717, 1.165) is 55.3 Å². The first-order chi connectivity index (χ1) is 16.7. The fourth-order valence-electron chi connectivity index (χ4n) is 5.27. The number of aryl methyl sites for hydroxylation is 2. The van der Waals surface area contributed by atoms with Crippen LogP contribution in [0, 0.1) is 12.3 Å². The van der Waals surface area contributed by atoms with Gasteiger partial charge in [-0.1, -0.05) is 75.4 Å². The molecule has 182 valence electrons. The first kappa shape index (κ1) is 24.8. The minimum absolute atomic E-state index is 0.179. The second-order valence-electron chi connectivity index (χ2n) is 10.9. The average Bonchev–Trinajstić information content (AvgIpc) is 3.22. The minimum atomic E-state index is -0.523. The van der Waals surface area contributed by atoms with Crippen molar-refractivity contribution in [1.82, 2.24) is 9.88 Å². The van der Waals surface area contributed by atoms with Gasteiger partial charge in [-0.25, -0.2) is 0 Å². The van der Waals surface area contributed by atoms with Gasteiger partial charge in [0.15, 0.2) is 0 Å². The number of carbonyl (C=O) groups is 2. The zero-order valence-electron chi connectivity index (χ0n) is 21.4. The van der Waals surface area contributed by atoms with Gasteiger partial charge in [0, 0.05) is 30.4 Å². The smallest absolute Gasteiger partial charge is 0.228 e. The molecule has 0 radical (unpaired) electrons. The molecule has 0 saturated heterocycles. The van der Waals surface area contributed by atoms with E-state index in [0.29, 0.717) is 6.54 Å². The van der Waals surface area contributed by atoms with E-state index in [-0.39, 0.29) is 5.91 Å². The highest BCUT2D eigenvalue weighted by atomic mass is 16.2. The molecule has 1 heterocycles. The molecule has 1 unspecified atom stereocenters. The maximum Gasteiger partial charge on any atom is 0.228 e. The Morgan fingerprint density at radius 3 is 2.43 bits per heavy atom. The van der Waals surface area contributed by atoms with Crippen LogP contribution in [-0.2, 0) is 40.8 Å². The zero-order chi connectivity index (χ0) is 25.1. The first-order valence-corrected chi connectivity index (χ1v) is 12.5. The van der Waals surface area contributed by atoms with Gasteiger partial charge in [0.2, 0.25) is 5.91 Å². The molecule has 0 fully saturated rings. The molecule has 0 saturated carbocycles.